The van der Waals surface area contributed by atoms with E-state index in [0.717, 1.165) is 19.3 Å². The zero-order valence-corrected chi connectivity index (χ0v) is 48.5. The average molecular weight is 1020 g/mol. The molecule has 1 rings (SSSR count). The Morgan fingerprint density at radius 2 is 0.597 bits per heavy atom. The zero-order chi connectivity index (χ0) is 51.8. The van der Waals surface area contributed by atoms with E-state index in [-0.39, 0.29) is 19.6 Å². The number of rotatable bonds is 57. The number of aliphatic hydroxyl groups excluding tert-OH is 2. The van der Waals surface area contributed by atoms with Crippen LogP contribution in [0.3, 0.4) is 0 Å². The van der Waals surface area contributed by atoms with Crippen LogP contribution in [0.2, 0.25) is 0 Å². The van der Waals surface area contributed by atoms with E-state index in [9.17, 15) is 19.8 Å². The molecule has 0 bridgehead atoms. The molecule has 1 aliphatic rings. The van der Waals surface area contributed by atoms with Crippen LogP contribution in [0.4, 0.5) is 0 Å². The molecule has 6 heteroatoms. The van der Waals surface area contributed by atoms with Gasteiger partial charge >= 0.3 is 11.9 Å². The Labute approximate surface area is 449 Å². The van der Waals surface area contributed by atoms with Gasteiger partial charge in [0.15, 0.2) is 0 Å². The Bertz CT molecular complexity index is 1130. The van der Waals surface area contributed by atoms with Crippen molar-refractivity contribution in [3.05, 3.63) is 12.2 Å². The molecule has 0 amide bonds. The van der Waals surface area contributed by atoms with Gasteiger partial charge in [-0.2, -0.15) is 0 Å². The number of hydrogen-bond donors (Lipinski definition) is 2. The molecule has 1 atom stereocenters. The number of esters is 2. The van der Waals surface area contributed by atoms with Gasteiger partial charge in [0.1, 0.15) is 13.2 Å². The maximum absolute atomic E-state index is 12.5. The highest BCUT2D eigenvalue weighted by Crippen LogP contribution is 2.25. The Morgan fingerprint density at radius 1 is 0.361 bits per heavy atom. The van der Waals surface area contributed by atoms with Crippen LogP contribution in [0.1, 0.15) is 360 Å². The Hall–Kier alpha value is -1.40. The summed E-state index contributed by atoms with van der Waals surface area (Å²) < 4.78 is 10.6. The van der Waals surface area contributed by atoms with Gasteiger partial charge in [0.2, 0.25) is 0 Å². The number of carbonyl (C=O) groups excluding carboxylic acids is 2. The summed E-state index contributed by atoms with van der Waals surface area (Å²) in [7, 11) is 0. The van der Waals surface area contributed by atoms with E-state index in [2.05, 4.69) is 19.1 Å². The van der Waals surface area contributed by atoms with E-state index in [4.69, 9.17) is 9.47 Å². The van der Waals surface area contributed by atoms with Crippen molar-refractivity contribution in [1.29, 1.82) is 0 Å². The molecule has 426 valence electrons. The van der Waals surface area contributed by atoms with Crippen LogP contribution in [-0.4, -0.2) is 48.6 Å². The first kappa shape index (κ1) is 68.6. The molecule has 1 unspecified atom stereocenters. The number of hydrogen-bond acceptors (Lipinski definition) is 6. The molecule has 6 nitrogen and oxygen atoms in total. The standard InChI is InChI=1S/C66H126O6/c1-2-3-4-5-6-7-8-9-10-11-12-13-14-15-16-17-18-19-20-21-22-23-24-25-26-27-28-29-30-31-32-33-34-35-36-37-38-39-40-41-42-43-44-45-46-47-48-49-50-51-52-53-54-55-56-57-63-58-64(69)71-61-66(59-67,60-68)62-72-65(63)70/h36-37,63,67-68H,2-35,38-62H2,1H3/b37-36+. The van der Waals surface area contributed by atoms with E-state index in [1.54, 1.807) is 0 Å². The van der Waals surface area contributed by atoms with Crippen LogP contribution in [0, 0.1) is 11.3 Å². The number of carbonyl (C=O) groups is 2. The maximum Gasteiger partial charge on any atom is 0.309 e. The fourth-order valence-electron chi connectivity index (χ4n) is 10.9. The fourth-order valence-corrected chi connectivity index (χ4v) is 10.9. The summed E-state index contributed by atoms with van der Waals surface area (Å²) >= 11 is 0. The molecule has 0 aliphatic carbocycles. The quantitative estimate of drug-likeness (QED) is 0.0358. The Balaban J connectivity index is 1.68. The fraction of sp³-hybridized carbons (Fsp3) is 0.939. The van der Waals surface area contributed by atoms with E-state index >= 15 is 0 Å². The SMILES string of the molecule is CCCCCCCCCCCCCCCCCCCCCCCCCCCCCCCCCCC/C=C/CCCCCCCCCCCCCCCCCCCCC1CC(=O)OCC(CO)(CO)COC1=O. The van der Waals surface area contributed by atoms with E-state index in [0.29, 0.717) is 6.42 Å². The highest BCUT2D eigenvalue weighted by atomic mass is 16.6. The van der Waals surface area contributed by atoms with Crippen molar-refractivity contribution in [2.24, 2.45) is 11.3 Å². The highest BCUT2D eigenvalue weighted by molar-refractivity contribution is 5.80. The molecule has 0 aromatic carbocycles. The molecule has 0 aromatic heterocycles. The van der Waals surface area contributed by atoms with Gasteiger partial charge in [-0.05, 0) is 32.1 Å². The number of unbranched alkanes of at least 4 members (excludes halogenated alkanes) is 51. The largest absolute Gasteiger partial charge is 0.465 e. The van der Waals surface area contributed by atoms with Crippen molar-refractivity contribution >= 4 is 11.9 Å². The predicted octanol–water partition coefficient (Wildman–Crippen LogP) is 20.7. The Morgan fingerprint density at radius 3 is 0.861 bits per heavy atom. The van der Waals surface area contributed by atoms with Crippen molar-refractivity contribution in [2.45, 2.75) is 360 Å². The van der Waals surface area contributed by atoms with Crippen LogP contribution in [-0.2, 0) is 19.1 Å². The number of aliphatic hydroxyl groups is 2. The molecule has 0 aromatic rings. The second kappa shape index (κ2) is 55.8. The minimum Gasteiger partial charge on any atom is -0.465 e. The molecule has 1 fully saturated rings. The van der Waals surface area contributed by atoms with Gasteiger partial charge in [-0.1, -0.05) is 334 Å². The van der Waals surface area contributed by atoms with Crippen LogP contribution < -0.4 is 0 Å². The molecule has 1 aliphatic heterocycles. The van der Waals surface area contributed by atoms with E-state index in [1.165, 1.54) is 321 Å². The topological polar surface area (TPSA) is 93.1 Å². The van der Waals surface area contributed by atoms with Crippen LogP contribution >= 0.6 is 0 Å². The first-order valence-corrected chi connectivity index (χ1v) is 32.8. The smallest absolute Gasteiger partial charge is 0.309 e. The van der Waals surface area contributed by atoms with Crippen molar-refractivity contribution in [2.75, 3.05) is 26.4 Å². The summed E-state index contributed by atoms with van der Waals surface area (Å²) in [6, 6.07) is 0. The van der Waals surface area contributed by atoms with Gasteiger partial charge in [0.05, 0.1) is 31.0 Å². The third kappa shape index (κ3) is 47.1. The van der Waals surface area contributed by atoms with Crippen molar-refractivity contribution in [3.8, 4) is 0 Å². The van der Waals surface area contributed by atoms with Crippen molar-refractivity contribution < 1.29 is 29.3 Å². The lowest BCUT2D eigenvalue weighted by molar-refractivity contribution is -0.155. The van der Waals surface area contributed by atoms with Gasteiger partial charge < -0.3 is 19.7 Å². The molecular weight excluding hydrogens is 889 g/mol. The molecular formula is C66H126O6. The highest BCUT2D eigenvalue weighted by Gasteiger charge is 2.36. The summed E-state index contributed by atoms with van der Waals surface area (Å²) in [5.74, 6) is -1.40. The second-order valence-electron chi connectivity index (χ2n) is 23.5. The first-order chi connectivity index (χ1) is 35.6. The average Bonchev–Trinajstić information content (AvgIpc) is 3.45. The summed E-state index contributed by atoms with van der Waals surface area (Å²) in [5, 5.41) is 19.2. The third-order valence-electron chi connectivity index (χ3n) is 16.3. The lowest BCUT2D eigenvalue weighted by atomic mass is 9.92. The minimum absolute atomic E-state index is 0.00377. The molecule has 0 spiro atoms. The van der Waals surface area contributed by atoms with Gasteiger partial charge in [-0.15, -0.1) is 0 Å². The minimum atomic E-state index is -1.12. The van der Waals surface area contributed by atoms with Crippen molar-refractivity contribution in [3.63, 3.8) is 0 Å². The van der Waals surface area contributed by atoms with Gasteiger partial charge in [-0.25, -0.2) is 0 Å². The van der Waals surface area contributed by atoms with Crippen molar-refractivity contribution in [1.82, 2.24) is 0 Å². The van der Waals surface area contributed by atoms with Gasteiger partial charge in [0.25, 0.3) is 0 Å². The van der Waals surface area contributed by atoms with E-state index < -0.39 is 36.5 Å². The number of allylic oxidation sites excluding steroid dienone is 2. The summed E-state index contributed by atoms with van der Waals surface area (Å²) in [4.78, 5) is 24.7. The summed E-state index contributed by atoms with van der Waals surface area (Å²) in [5.41, 5.74) is -1.12. The lowest BCUT2D eigenvalue weighted by Gasteiger charge is -2.27. The summed E-state index contributed by atoms with van der Waals surface area (Å²) in [6.07, 6.45) is 80.2. The Kier molecular flexibility index (Phi) is 53.2. The number of cyclic esters (lactones) is 2. The monoisotopic (exact) mass is 1010 g/mol. The normalized spacial score (nSPS) is 15.2. The molecule has 0 radical (unpaired) electrons. The first-order valence-electron chi connectivity index (χ1n) is 32.8. The van der Waals surface area contributed by atoms with Gasteiger partial charge in [0, 0.05) is 0 Å². The zero-order valence-electron chi connectivity index (χ0n) is 48.5. The molecule has 1 heterocycles. The molecule has 2 N–H and O–H groups in total. The molecule has 1 saturated heterocycles. The third-order valence-corrected chi connectivity index (χ3v) is 16.3. The molecule has 0 saturated carbocycles. The van der Waals surface area contributed by atoms with Crippen LogP contribution in [0.5, 0.6) is 0 Å². The lowest BCUT2D eigenvalue weighted by Crippen LogP contribution is -2.40. The molecule has 72 heavy (non-hydrogen) atoms. The summed E-state index contributed by atoms with van der Waals surface area (Å²) in [6.45, 7) is 1.21. The van der Waals surface area contributed by atoms with E-state index in [1.807, 2.05) is 0 Å². The van der Waals surface area contributed by atoms with Crippen LogP contribution in [0.15, 0.2) is 12.2 Å². The predicted molar refractivity (Wildman–Crippen MR) is 311 cm³/mol. The maximum atomic E-state index is 12.5. The van der Waals surface area contributed by atoms with Crippen LogP contribution in [0.25, 0.3) is 0 Å². The second-order valence-corrected chi connectivity index (χ2v) is 23.5. The number of ether oxygens (including phenoxy) is 2. The van der Waals surface area contributed by atoms with Gasteiger partial charge in [-0.3, -0.25) is 9.59 Å².